The summed E-state index contributed by atoms with van der Waals surface area (Å²) in [5.41, 5.74) is 1.28. The van der Waals surface area contributed by atoms with E-state index in [1.54, 1.807) is 42.5 Å². The van der Waals surface area contributed by atoms with Crippen LogP contribution >= 0.6 is 11.6 Å². The molecule has 0 aliphatic carbocycles. The number of hydrogen-bond donors (Lipinski definition) is 0. The molecule has 0 aliphatic rings. The largest absolute Gasteiger partial charge is 0.419 e. The number of para-hydroxylation sites is 1. The van der Waals surface area contributed by atoms with E-state index in [4.69, 9.17) is 16.0 Å². The summed E-state index contributed by atoms with van der Waals surface area (Å²) in [6.07, 6.45) is 1.48. The molecule has 0 saturated carbocycles. The number of halogens is 1. The molecule has 0 N–H and O–H groups in total. The van der Waals surface area contributed by atoms with Crippen LogP contribution in [0, 0.1) is 0 Å². The summed E-state index contributed by atoms with van der Waals surface area (Å²) in [5.74, 6) is 0.711. The minimum atomic E-state index is -0.146. The fraction of sp³-hybridized carbons (Fsp3) is 0.0588. The maximum atomic E-state index is 12.5. The Balaban J connectivity index is 1.66. The van der Waals surface area contributed by atoms with Gasteiger partial charge in [-0.2, -0.15) is 0 Å². The van der Waals surface area contributed by atoms with Crippen molar-refractivity contribution >= 4 is 22.5 Å². The lowest BCUT2D eigenvalue weighted by molar-refractivity contribution is 0.483. The van der Waals surface area contributed by atoms with Gasteiger partial charge < -0.3 is 4.42 Å². The fourth-order valence-corrected chi connectivity index (χ4v) is 2.52. The molecule has 0 bridgehead atoms. The van der Waals surface area contributed by atoms with Gasteiger partial charge in [0.2, 0.25) is 11.8 Å². The highest BCUT2D eigenvalue weighted by Crippen LogP contribution is 2.20. The highest BCUT2D eigenvalue weighted by Gasteiger charge is 2.11. The Kier molecular flexibility index (Phi) is 3.59. The van der Waals surface area contributed by atoms with Crippen molar-refractivity contribution in [2.45, 2.75) is 6.54 Å². The maximum absolute atomic E-state index is 12.5. The van der Waals surface area contributed by atoms with E-state index < -0.39 is 0 Å². The van der Waals surface area contributed by atoms with Gasteiger partial charge in [-0.05, 0) is 36.4 Å². The average Bonchev–Trinajstić information content (AvgIpc) is 3.07. The molecule has 118 valence electrons. The van der Waals surface area contributed by atoms with E-state index in [2.05, 4.69) is 15.2 Å². The maximum Gasteiger partial charge on any atom is 0.261 e. The molecule has 0 fully saturated rings. The van der Waals surface area contributed by atoms with Crippen LogP contribution in [0.3, 0.4) is 0 Å². The van der Waals surface area contributed by atoms with Crippen LogP contribution in [0.2, 0.25) is 5.02 Å². The number of nitrogens with zero attached hydrogens (tertiary/aromatic N) is 4. The monoisotopic (exact) mass is 338 g/mol. The Morgan fingerprint density at radius 1 is 1.04 bits per heavy atom. The van der Waals surface area contributed by atoms with Crippen molar-refractivity contribution in [3.05, 3.63) is 76.1 Å². The minimum absolute atomic E-state index is 0.146. The minimum Gasteiger partial charge on any atom is -0.419 e. The molecule has 0 atom stereocenters. The lowest BCUT2D eigenvalue weighted by Gasteiger charge is -2.03. The molecule has 6 nitrogen and oxygen atoms in total. The van der Waals surface area contributed by atoms with E-state index in [1.165, 1.54) is 10.9 Å². The number of aromatic nitrogens is 4. The van der Waals surface area contributed by atoms with E-state index in [-0.39, 0.29) is 12.1 Å². The fourth-order valence-electron chi connectivity index (χ4n) is 2.39. The predicted molar refractivity (Wildman–Crippen MR) is 89.8 cm³/mol. The van der Waals surface area contributed by atoms with Gasteiger partial charge in [-0.1, -0.05) is 23.7 Å². The van der Waals surface area contributed by atoms with E-state index in [1.807, 2.05) is 6.07 Å². The first-order valence-corrected chi connectivity index (χ1v) is 7.61. The molecular weight excluding hydrogens is 328 g/mol. The molecule has 7 heteroatoms. The molecule has 4 aromatic rings. The molecule has 0 radical (unpaired) electrons. The Bertz CT molecular complexity index is 1070. The smallest absolute Gasteiger partial charge is 0.261 e. The number of fused-ring (bicyclic) bond motifs is 1. The predicted octanol–water partition coefficient (Wildman–Crippen LogP) is 3.15. The van der Waals surface area contributed by atoms with Gasteiger partial charge in [0, 0.05) is 10.6 Å². The van der Waals surface area contributed by atoms with Gasteiger partial charge in [0.25, 0.3) is 5.56 Å². The van der Waals surface area contributed by atoms with Crippen LogP contribution in [0.5, 0.6) is 0 Å². The highest BCUT2D eigenvalue weighted by molar-refractivity contribution is 6.30. The SMILES string of the molecule is O=c1c2ccccc2ncn1Cc1nnc(-c2ccc(Cl)cc2)o1. The topological polar surface area (TPSA) is 73.8 Å². The molecule has 0 saturated heterocycles. The Morgan fingerprint density at radius 3 is 2.67 bits per heavy atom. The Labute approximate surface area is 141 Å². The summed E-state index contributed by atoms with van der Waals surface area (Å²) in [6.45, 7) is 0.164. The van der Waals surface area contributed by atoms with E-state index in [9.17, 15) is 4.79 Å². The van der Waals surface area contributed by atoms with Gasteiger partial charge in [-0.15, -0.1) is 10.2 Å². The van der Waals surface area contributed by atoms with Crippen LogP contribution in [-0.2, 0) is 6.54 Å². The summed E-state index contributed by atoms with van der Waals surface area (Å²) in [4.78, 5) is 16.7. The second kappa shape index (κ2) is 5.90. The normalized spacial score (nSPS) is 11.0. The summed E-state index contributed by atoms with van der Waals surface area (Å²) < 4.78 is 7.07. The van der Waals surface area contributed by atoms with Crippen molar-refractivity contribution in [2.24, 2.45) is 0 Å². The molecule has 4 rings (SSSR count). The van der Waals surface area contributed by atoms with Gasteiger partial charge >= 0.3 is 0 Å². The molecule has 0 amide bonds. The standard InChI is InChI=1S/C17H11ClN4O2/c18-12-7-5-11(6-8-12)16-21-20-15(24-16)9-22-10-19-14-4-2-1-3-13(14)17(22)23/h1-8,10H,9H2. The van der Waals surface area contributed by atoms with E-state index in [0.29, 0.717) is 27.7 Å². The zero-order valence-corrected chi connectivity index (χ0v) is 13.1. The van der Waals surface area contributed by atoms with Gasteiger partial charge in [-0.25, -0.2) is 4.98 Å². The zero-order chi connectivity index (χ0) is 16.5. The van der Waals surface area contributed by atoms with Gasteiger partial charge in [0.05, 0.1) is 17.2 Å². The second-order valence-corrected chi connectivity index (χ2v) is 5.64. The van der Waals surface area contributed by atoms with Crippen molar-refractivity contribution in [3.63, 3.8) is 0 Å². The first kappa shape index (κ1) is 14.6. The van der Waals surface area contributed by atoms with Gasteiger partial charge in [0.1, 0.15) is 6.54 Å². The molecule has 24 heavy (non-hydrogen) atoms. The Hall–Kier alpha value is -2.99. The van der Waals surface area contributed by atoms with Crippen molar-refractivity contribution in [2.75, 3.05) is 0 Å². The van der Waals surface area contributed by atoms with E-state index in [0.717, 1.165) is 5.56 Å². The van der Waals surface area contributed by atoms with Gasteiger partial charge in [-0.3, -0.25) is 9.36 Å². The van der Waals surface area contributed by atoms with Crippen molar-refractivity contribution in [3.8, 4) is 11.5 Å². The molecule has 2 heterocycles. The molecule has 2 aromatic heterocycles. The third kappa shape index (κ3) is 2.68. The van der Waals surface area contributed by atoms with Crippen LogP contribution in [0.15, 0.2) is 64.1 Å². The van der Waals surface area contributed by atoms with Crippen LogP contribution in [0.25, 0.3) is 22.4 Å². The first-order chi connectivity index (χ1) is 11.7. The van der Waals surface area contributed by atoms with E-state index >= 15 is 0 Å². The second-order valence-electron chi connectivity index (χ2n) is 5.20. The lowest BCUT2D eigenvalue weighted by atomic mass is 10.2. The summed E-state index contributed by atoms with van der Waals surface area (Å²) in [6, 6.07) is 14.3. The number of benzene rings is 2. The lowest BCUT2D eigenvalue weighted by Crippen LogP contribution is -2.21. The zero-order valence-electron chi connectivity index (χ0n) is 12.4. The summed E-state index contributed by atoms with van der Waals surface area (Å²) >= 11 is 5.87. The molecule has 0 aliphatic heterocycles. The third-order valence-corrected chi connectivity index (χ3v) is 3.85. The van der Waals surface area contributed by atoms with Crippen LogP contribution in [0.4, 0.5) is 0 Å². The quantitative estimate of drug-likeness (QED) is 0.573. The molecule has 0 unspecified atom stereocenters. The number of rotatable bonds is 3. The molecule has 2 aromatic carbocycles. The average molecular weight is 339 g/mol. The molecule has 0 spiro atoms. The van der Waals surface area contributed by atoms with Crippen LogP contribution in [0.1, 0.15) is 5.89 Å². The first-order valence-electron chi connectivity index (χ1n) is 7.23. The highest BCUT2D eigenvalue weighted by atomic mass is 35.5. The van der Waals surface area contributed by atoms with Crippen molar-refractivity contribution < 1.29 is 4.42 Å². The molecular formula is C17H11ClN4O2. The van der Waals surface area contributed by atoms with Crippen molar-refractivity contribution in [1.82, 2.24) is 19.7 Å². The number of hydrogen-bond acceptors (Lipinski definition) is 5. The van der Waals surface area contributed by atoms with Gasteiger partial charge in [0.15, 0.2) is 0 Å². The summed E-state index contributed by atoms with van der Waals surface area (Å²) in [7, 11) is 0. The van der Waals surface area contributed by atoms with Crippen LogP contribution < -0.4 is 5.56 Å². The third-order valence-electron chi connectivity index (χ3n) is 3.60. The Morgan fingerprint density at radius 2 is 1.83 bits per heavy atom. The summed E-state index contributed by atoms with van der Waals surface area (Å²) in [5, 5.41) is 9.19. The van der Waals surface area contributed by atoms with Crippen LogP contribution in [-0.4, -0.2) is 19.7 Å². The van der Waals surface area contributed by atoms with Crippen molar-refractivity contribution in [1.29, 1.82) is 0 Å².